The zero-order valence-corrected chi connectivity index (χ0v) is 20.6. The molecule has 1 saturated heterocycles. The molecule has 0 saturated carbocycles. The number of aromatic nitrogens is 4. The minimum atomic E-state index is -1.04. The van der Waals surface area contributed by atoms with Crippen LogP contribution in [0.25, 0.3) is 16.8 Å². The van der Waals surface area contributed by atoms with Crippen molar-refractivity contribution < 1.29 is 14.7 Å². The van der Waals surface area contributed by atoms with E-state index < -0.39 is 6.10 Å². The van der Waals surface area contributed by atoms with Crippen molar-refractivity contribution in [2.75, 3.05) is 30.4 Å². The Hall–Kier alpha value is -3.90. The number of carbonyl (C=O) groups is 2. The van der Waals surface area contributed by atoms with E-state index in [2.05, 4.69) is 15.1 Å². The lowest BCUT2D eigenvalue weighted by atomic mass is 9.89. The largest absolute Gasteiger partial charge is 0.384 e. The SMILES string of the molecule is CCN=CN(N)c1ccc(-c2cnn3c(N)c(C(C)=O)c(C4CCN(C(=O)C(C)O)CC4)nc23)cn1. The summed E-state index contributed by atoms with van der Waals surface area (Å²) in [5.41, 5.74) is 9.38. The number of aliphatic hydroxyl groups is 1. The van der Waals surface area contributed by atoms with Crippen molar-refractivity contribution in [3.63, 3.8) is 0 Å². The molecule has 4 heterocycles. The van der Waals surface area contributed by atoms with Crippen LogP contribution < -0.4 is 16.6 Å². The number of anilines is 2. The number of aliphatic hydroxyl groups excluding tert-OH is 1. The Morgan fingerprint density at radius 1 is 1.31 bits per heavy atom. The number of piperidine rings is 1. The van der Waals surface area contributed by atoms with Crippen LogP contribution in [0.3, 0.4) is 0 Å². The molecule has 1 amide bonds. The van der Waals surface area contributed by atoms with Gasteiger partial charge in [-0.15, -0.1) is 0 Å². The summed E-state index contributed by atoms with van der Waals surface area (Å²) in [5.74, 6) is 6.15. The van der Waals surface area contributed by atoms with Gasteiger partial charge in [0.1, 0.15) is 24.1 Å². The van der Waals surface area contributed by atoms with Crippen molar-refractivity contribution in [2.45, 2.75) is 45.6 Å². The number of aliphatic imine (C=N–C) groups is 1. The maximum Gasteiger partial charge on any atom is 0.251 e. The molecule has 1 atom stereocenters. The monoisotopic (exact) mass is 493 g/mol. The van der Waals surface area contributed by atoms with Crippen LogP contribution in [-0.4, -0.2) is 73.4 Å². The summed E-state index contributed by atoms with van der Waals surface area (Å²) in [6.45, 7) is 6.38. The second-order valence-corrected chi connectivity index (χ2v) is 8.81. The highest BCUT2D eigenvalue weighted by Gasteiger charge is 2.31. The Kier molecular flexibility index (Phi) is 7.27. The van der Waals surface area contributed by atoms with E-state index in [1.54, 1.807) is 23.4 Å². The number of nitrogen functional groups attached to an aromatic ring is 1. The van der Waals surface area contributed by atoms with Gasteiger partial charge in [-0.25, -0.2) is 15.8 Å². The normalized spacial score (nSPS) is 15.5. The van der Waals surface area contributed by atoms with Crippen LogP contribution in [0.1, 0.15) is 55.6 Å². The molecule has 3 aromatic heterocycles. The summed E-state index contributed by atoms with van der Waals surface area (Å²) in [5, 5.41) is 15.4. The molecule has 12 heteroatoms. The first-order chi connectivity index (χ1) is 17.2. The van der Waals surface area contributed by atoms with Crippen molar-refractivity contribution in [3.05, 3.63) is 35.8 Å². The van der Waals surface area contributed by atoms with E-state index in [1.807, 2.05) is 13.0 Å². The van der Waals surface area contributed by atoms with Crippen molar-refractivity contribution >= 4 is 35.3 Å². The van der Waals surface area contributed by atoms with Gasteiger partial charge in [0.2, 0.25) is 0 Å². The highest BCUT2D eigenvalue weighted by Crippen LogP contribution is 2.34. The smallest absolute Gasteiger partial charge is 0.251 e. The Labute approximate surface area is 208 Å². The lowest BCUT2D eigenvalue weighted by molar-refractivity contribution is -0.140. The molecule has 0 spiro atoms. The molecular weight excluding hydrogens is 462 g/mol. The Morgan fingerprint density at radius 2 is 2.03 bits per heavy atom. The van der Waals surface area contributed by atoms with Crippen molar-refractivity contribution in [2.24, 2.45) is 10.8 Å². The first-order valence-corrected chi connectivity index (χ1v) is 11.9. The molecule has 12 nitrogen and oxygen atoms in total. The first kappa shape index (κ1) is 25.2. The predicted octanol–water partition coefficient (Wildman–Crippen LogP) is 1.39. The molecule has 3 aromatic rings. The number of amides is 1. The molecular formula is C24H31N9O3. The number of nitrogens with zero attached hydrogens (tertiary/aromatic N) is 7. The van der Waals surface area contributed by atoms with Crippen LogP contribution >= 0.6 is 0 Å². The molecule has 0 aromatic carbocycles. The molecule has 5 N–H and O–H groups in total. The highest BCUT2D eigenvalue weighted by molar-refractivity contribution is 6.00. The third-order valence-corrected chi connectivity index (χ3v) is 6.33. The lowest BCUT2D eigenvalue weighted by Crippen LogP contribution is -2.42. The Morgan fingerprint density at radius 3 is 2.61 bits per heavy atom. The van der Waals surface area contributed by atoms with Crippen molar-refractivity contribution in [1.82, 2.24) is 24.5 Å². The summed E-state index contributed by atoms with van der Waals surface area (Å²) in [7, 11) is 0. The quantitative estimate of drug-likeness (QED) is 0.145. The van der Waals surface area contributed by atoms with Gasteiger partial charge in [0.05, 0.1) is 17.5 Å². The summed E-state index contributed by atoms with van der Waals surface area (Å²) in [6, 6.07) is 3.62. The average molecular weight is 494 g/mol. The van der Waals surface area contributed by atoms with Crippen molar-refractivity contribution in [1.29, 1.82) is 0 Å². The number of hydrogen-bond donors (Lipinski definition) is 3. The Balaban J connectivity index is 1.70. The van der Waals surface area contributed by atoms with E-state index >= 15 is 0 Å². The fourth-order valence-corrected chi connectivity index (χ4v) is 4.46. The Bertz CT molecular complexity index is 1290. The number of hydrazine groups is 1. The molecule has 0 bridgehead atoms. The summed E-state index contributed by atoms with van der Waals surface area (Å²) in [4.78, 5) is 39.8. The molecule has 0 radical (unpaired) electrons. The molecule has 4 rings (SSSR count). The lowest BCUT2D eigenvalue weighted by Gasteiger charge is -2.33. The van der Waals surface area contributed by atoms with E-state index in [-0.39, 0.29) is 23.4 Å². The molecule has 190 valence electrons. The molecule has 1 unspecified atom stereocenters. The number of Topliss-reactive ketones (excluding diaryl/α,β-unsaturated/α-hetero) is 1. The number of rotatable bonds is 7. The first-order valence-electron chi connectivity index (χ1n) is 11.9. The van der Waals surface area contributed by atoms with Crippen molar-refractivity contribution in [3.8, 4) is 11.1 Å². The third-order valence-electron chi connectivity index (χ3n) is 6.33. The number of nitrogens with two attached hydrogens (primary N) is 2. The van der Waals surface area contributed by atoms with E-state index in [0.717, 1.165) is 5.56 Å². The predicted molar refractivity (Wildman–Crippen MR) is 137 cm³/mol. The van der Waals surface area contributed by atoms with Crippen LogP contribution in [0.15, 0.2) is 29.5 Å². The van der Waals surface area contributed by atoms with Crippen LogP contribution in [-0.2, 0) is 4.79 Å². The summed E-state index contributed by atoms with van der Waals surface area (Å²) in [6.07, 6.45) is 4.99. The van der Waals surface area contributed by atoms with Gasteiger partial charge in [0.15, 0.2) is 11.4 Å². The molecule has 1 fully saturated rings. The molecule has 36 heavy (non-hydrogen) atoms. The number of hydrogen-bond acceptors (Lipinski definition) is 9. The molecule has 1 aliphatic heterocycles. The van der Waals surface area contributed by atoms with Gasteiger partial charge in [-0.3, -0.25) is 19.6 Å². The number of likely N-dealkylation sites (tertiary alicyclic amines) is 1. The molecule has 0 aliphatic carbocycles. The number of carbonyl (C=O) groups excluding carboxylic acids is 2. The van der Waals surface area contributed by atoms with Gasteiger partial charge in [-0.05, 0) is 45.7 Å². The average Bonchev–Trinajstić information content (AvgIpc) is 3.31. The topological polar surface area (TPSA) is 168 Å². The fraction of sp³-hybridized carbons (Fsp3) is 0.417. The van der Waals surface area contributed by atoms with Crippen LogP contribution in [0.4, 0.5) is 11.6 Å². The number of ketones is 1. The van der Waals surface area contributed by atoms with Gasteiger partial charge in [0.25, 0.3) is 5.91 Å². The van der Waals surface area contributed by atoms with Gasteiger partial charge < -0.3 is 15.7 Å². The van der Waals surface area contributed by atoms with Crippen LogP contribution in [0.2, 0.25) is 0 Å². The fourth-order valence-electron chi connectivity index (χ4n) is 4.46. The standard InChI is InChI=1S/C24H31N9O3/c1-4-27-13-32(26)19-6-5-17(11-28-19)18-12-29-33-22(25)20(14(2)34)21(30-23(18)33)16-7-9-31(10-8-16)24(36)15(3)35/h5-6,11-13,15-16,35H,4,7-10,25-26H2,1-3H3. The zero-order chi connectivity index (χ0) is 26.0. The van der Waals surface area contributed by atoms with Gasteiger partial charge in [-0.1, -0.05) is 0 Å². The number of fused-ring (bicyclic) bond motifs is 1. The van der Waals surface area contributed by atoms with E-state index in [9.17, 15) is 14.7 Å². The zero-order valence-electron chi connectivity index (χ0n) is 20.6. The van der Waals surface area contributed by atoms with Gasteiger partial charge in [0, 0.05) is 42.9 Å². The third kappa shape index (κ3) is 4.77. The van der Waals surface area contributed by atoms with Crippen LogP contribution in [0.5, 0.6) is 0 Å². The second kappa shape index (κ2) is 10.4. The number of pyridine rings is 1. The minimum absolute atomic E-state index is 0.0684. The maximum atomic E-state index is 12.6. The van der Waals surface area contributed by atoms with Gasteiger partial charge in [-0.2, -0.15) is 9.61 Å². The summed E-state index contributed by atoms with van der Waals surface area (Å²) >= 11 is 0. The maximum absolute atomic E-state index is 12.6. The van der Waals surface area contributed by atoms with E-state index in [1.165, 1.54) is 29.7 Å². The summed E-state index contributed by atoms with van der Waals surface area (Å²) < 4.78 is 1.47. The van der Waals surface area contributed by atoms with Gasteiger partial charge >= 0.3 is 0 Å². The minimum Gasteiger partial charge on any atom is -0.384 e. The van der Waals surface area contributed by atoms with E-state index in [0.29, 0.717) is 60.8 Å². The van der Waals surface area contributed by atoms with Crippen LogP contribution in [0, 0.1) is 0 Å². The molecule has 1 aliphatic rings. The second-order valence-electron chi connectivity index (χ2n) is 8.81. The highest BCUT2D eigenvalue weighted by atomic mass is 16.3. The van der Waals surface area contributed by atoms with E-state index in [4.69, 9.17) is 16.6 Å².